The van der Waals surface area contributed by atoms with Crippen LogP contribution in [-0.4, -0.2) is 30.2 Å². The number of nitro groups is 1. The van der Waals surface area contributed by atoms with E-state index in [9.17, 15) is 20.0 Å². The lowest BCUT2D eigenvalue weighted by Crippen LogP contribution is -2.04. The maximum atomic E-state index is 12.8. The van der Waals surface area contributed by atoms with E-state index in [4.69, 9.17) is 13.9 Å². The predicted molar refractivity (Wildman–Crippen MR) is 117 cm³/mol. The number of phenols is 1. The van der Waals surface area contributed by atoms with Crippen molar-refractivity contribution in [1.82, 2.24) is 0 Å². The number of phenolic OH excluding ortho intramolecular Hbond substituents is 1. The summed E-state index contributed by atoms with van der Waals surface area (Å²) in [6.07, 6.45) is 4.88. The van der Waals surface area contributed by atoms with Gasteiger partial charge in [0, 0.05) is 40.1 Å². The Morgan fingerprint density at radius 2 is 1.88 bits per heavy atom. The molecule has 0 saturated heterocycles. The summed E-state index contributed by atoms with van der Waals surface area (Å²) >= 11 is 0. The lowest BCUT2D eigenvalue weighted by molar-refractivity contribution is -0.385. The molecule has 9 nitrogen and oxygen atoms in total. The van der Waals surface area contributed by atoms with Crippen molar-refractivity contribution in [2.45, 2.75) is 25.7 Å². The van der Waals surface area contributed by atoms with Gasteiger partial charge in [-0.2, -0.15) is 0 Å². The molecule has 32 heavy (non-hydrogen) atoms. The van der Waals surface area contributed by atoms with Gasteiger partial charge in [0.25, 0.3) is 5.91 Å². The number of aryl methyl sites for hydroxylation is 2. The van der Waals surface area contributed by atoms with Gasteiger partial charge in [-0.05, 0) is 31.4 Å². The van der Waals surface area contributed by atoms with Crippen molar-refractivity contribution >= 4 is 39.9 Å². The number of nitrogens with one attached hydrogen (secondary N) is 1. The van der Waals surface area contributed by atoms with E-state index in [1.807, 2.05) is 0 Å². The molecule has 1 aromatic heterocycles. The van der Waals surface area contributed by atoms with Crippen molar-refractivity contribution in [3.8, 4) is 17.2 Å². The largest absolute Gasteiger partial charge is 0.502 e. The third-order valence-corrected chi connectivity index (χ3v) is 6.03. The first-order valence-electron chi connectivity index (χ1n) is 10.2. The summed E-state index contributed by atoms with van der Waals surface area (Å²) in [5, 5.41) is 25.8. The minimum Gasteiger partial charge on any atom is -0.502 e. The van der Waals surface area contributed by atoms with Gasteiger partial charge in [-0.15, -0.1) is 0 Å². The van der Waals surface area contributed by atoms with Crippen LogP contribution in [0.2, 0.25) is 0 Å². The number of ether oxygens (including phenoxy) is 2. The molecule has 1 aliphatic heterocycles. The Hall–Kier alpha value is -4.01. The molecule has 2 heterocycles. The average molecular weight is 436 g/mol. The van der Waals surface area contributed by atoms with Gasteiger partial charge in [0.1, 0.15) is 11.3 Å². The zero-order valence-electron chi connectivity index (χ0n) is 17.5. The van der Waals surface area contributed by atoms with Gasteiger partial charge in [-0.1, -0.05) is 0 Å². The number of benzene rings is 2. The van der Waals surface area contributed by atoms with E-state index in [0.717, 1.165) is 37.0 Å². The van der Waals surface area contributed by atoms with E-state index in [1.54, 1.807) is 12.1 Å². The van der Waals surface area contributed by atoms with Crippen LogP contribution >= 0.6 is 0 Å². The van der Waals surface area contributed by atoms with Gasteiger partial charge in [0.05, 0.1) is 30.9 Å². The second-order valence-electron chi connectivity index (χ2n) is 7.76. The zero-order valence-corrected chi connectivity index (χ0v) is 17.5. The van der Waals surface area contributed by atoms with Crippen LogP contribution in [0, 0.1) is 10.1 Å². The van der Waals surface area contributed by atoms with Crippen LogP contribution in [0.15, 0.2) is 22.6 Å². The molecule has 2 aromatic carbocycles. The molecule has 5 rings (SSSR count). The fraction of sp³-hybridized carbons (Fsp3) is 0.261. The summed E-state index contributed by atoms with van der Waals surface area (Å²) in [6.45, 7) is 0. The van der Waals surface area contributed by atoms with E-state index in [-0.39, 0.29) is 11.1 Å². The molecule has 0 radical (unpaired) electrons. The van der Waals surface area contributed by atoms with E-state index in [0.29, 0.717) is 33.7 Å². The summed E-state index contributed by atoms with van der Waals surface area (Å²) in [4.78, 5) is 23.8. The van der Waals surface area contributed by atoms with Crippen molar-refractivity contribution in [3.63, 3.8) is 0 Å². The number of nitrogens with zero attached hydrogens (tertiary/aromatic N) is 1. The summed E-state index contributed by atoms with van der Waals surface area (Å²) < 4.78 is 16.6. The fourth-order valence-corrected chi connectivity index (χ4v) is 4.52. The Bertz CT molecular complexity index is 1340. The van der Waals surface area contributed by atoms with Gasteiger partial charge >= 0.3 is 5.69 Å². The molecule has 1 aliphatic carbocycles. The van der Waals surface area contributed by atoms with Crippen LogP contribution in [0.25, 0.3) is 22.6 Å². The van der Waals surface area contributed by atoms with Crippen LogP contribution in [0.1, 0.15) is 35.3 Å². The molecule has 0 saturated carbocycles. The number of carbonyl (C=O) groups is 1. The minimum absolute atomic E-state index is 0.203. The standard InChI is InChI=1S/C23H20N2O7/c1-30-18-8-12-13(23(27)24-15(12)9-19(18)31-2)7-14-21-11-5-3-4-6-17(11)32-20(21)10-16(22(14)26)25(28)29/h7-10,26H,3-6H2,1-2H3,(H,24,27)/b13-7-. The van der Waals surface area contributed by atoms with Crippen LogP contribution in [0.3, 0.4) is 0 Å². The van der Waals surface area contributed by atoms with Gasteiger partial charge in [0.15, 0.2) is 11.5 Å². The highest BCUT2D eigenvalue weighted by Crippen LogP contribution is 2.46. The molecule has 9 heteroatoms. The number of hydrogen-bond acceptors (Lipinski definition) is 7. The highest BCUT2D eigenvalue weighted by atomic mass is 16.6. The average Bonchev–Trinajstić information content (AvgIpc) is 3.30. The van der Waals surface area contributed by atoms with E-state index in [2.05, 4.69) is 5.32 Å². The number of furan rings is 1. The number of hydrogen-bond donors (Lipinski definition) is 2. The Morgan fingerprint density at radius 3 is 2.59 bits per heavy atom. The number of rotatable bonds is 4. The molecule has 0 bridgehead atoms. The molecule has 164 valence electrons. The van der Waals surface area contributed by atoms with Gasteiger partial charge in [0.2, 0.25) is 5.75 Å². The van der Waals surface area contributed by atoms with Crippen molar-refractivity contribution in [2.75, 3.05) is 19.5 Å². The second kappa shape index (κ2) is 7.30. The number of fused-ring (bicyclic) bond motifs is 4. The monoisotopic (exact) mass is 436 g/mol. The Kier molecular flexibility index (Phi) is 4.54. The van der Waals surface area contributed by atoms with E-state index in [1.165, 1.54) is 26.4 Å². The Labute approximate surface area is 182 Å². The zero-order chi connectivity index (χ0) is 22.6. The highest BCUT2D eigenvalue weighted by Gasteiger charge is 2.31. The third kappa shape index (κ3) is 2.89. The third-order valence-electron chi connectivity index (χ3n) is 6.03. The smallest absolute Gasteiger partial charge is 0.315 e. The number of nitro benzene ring substituents is 1. The number of amides is 1. The van der Waals surface area contributed by atoms with Crippen LogP contribution < -0.4 is 14.8 Å². The number of anilines is 1. The molecular weight excluding hydrogens is 416 g/mol. The highest BCUT2D eigenvalue weighted by molar-refractivity contribution is 6.35. The van der Waals surface area contributed by atoms with Crippen molar-refractivity contribution in [2.24, 2.45) is 0 Å². The first kappa shape index (κ1) is 19.9. The van der Waals surface area contributed by atoms with Crippen molar-refractivity contribution in [3.05, 3.63) is 50.8 Å². The molecule has 2 aliphatic rings. The fourth-order valence-electron chi connectivity index (χ4n) is 4.52. The van der Waals surface area contributed by atoms with E-state index >= 15 is 0 Å². The molecular formula is C23H20N2O7. The Balaban J connectivity index is 1.79. The van der Waals surface area contributed by atoms with Crippen molar-refractivity contribution in [1.29, 1.82) is 0 Å². The number of aromatic hydroxyl groups is 1. The van der Waals surface area contributed by atoms with Gasteiger partial charge in [-0.25, -0.2) is 0 Å². The SMILES string of the molecule is COc1cc2c(cc1OC)/C(=C/c1c(O)c([N+](=O)[O-])cc3oc4c(c13)CCCC4)C(=O)N2. The lowest BCUT2D eigenvalue weighted by atomic mass is 9.92. The van der Waals surface area contributed by atoms with Gasteiger partial charge < -0.3 is 24.3 Å². The molecule has 2 N–H and O–H groups in total. The van der Waals surface area contributed by atoms with Gasteiger partial charge in [-0.3, -0.25) is 14.9 Å². The quantitative estimate of drug-likeness (QED) is 0.352. The molecule has 3 aromatic rings. The van der Waals surface area contributed by atoms with Crippen LogP contribution in [0.5, 0.6) is 17.2 Å². The molecule has 0 atom stereocenters. The summed E-state index contributed by atoms with van der Waals surface area (Å²) in [7, 11) is 2.99. The summed E-state index contributed by atoms with van der Waals surface area (Å²) in [6, 6.07) is 4.56. The van der Waals surface area contributed by atoms with Crippen molar-refractivity contribution < 1.29 is 28.7 Å². The first-order chi connectivity index (χ1) is 15.4. The van der Waals surface area contributed by atoms with E-state index < -0.39 is 22.3 Å². The number of carbonyl (C=O) groups excluding carboxylic acids is 1. The van der Waals surface area contributed by atoms with Crippen LogP contribution in [-0.2, 0) is 17.6 Å². The molecule has 1 amide bonds. The first-order valence-corrected chi connectivity index (χ1v) is 10.2. The molecule has 0 unspecified atom stereocenters. The molecule has 0 spiro atoms. The topological polar surface area (TPSA) is 124 Å². The minimum atomic E-state index is -0.658. The summed E-state index contributed by atoms with van der Waals surface area (Å²) in [5.41, 5.74) is 2.31. The second-order valence-corrected chi connectivity index (χ2v) is 7.76. The maximum absolute atomic E-state index is 12.8. The molecule has 0 fully saturated rings. The van der Waals surface area contributed by atoms with Crippen LogP contribution in [0.4, 0.5) is 11.4 Å². The predicted octanol–water partition coefficient (Wildman–Crippen LogP) is 4.44. The lowest BCUT2D eigenvalue weighted by Gasteiger charge is -2.11. The maximum Gasteiger partial charge on any atom is 0.315 e. The number of methoxy groups -OCH3 is 2. The summed E-state index contributed by atoms with van der Waals surface area (Å²) in [5.74, 6) is 0.770. The normalized spacial score (nSPS) is 16.1. The Morgan fingerprint density at radius 1 is 1.16 bits per heavy atom.